The van der Waals surface area contributed by atoms with Gasteiger partial charge < -0.3 is 4.90 Å². The van der Waals surface area contributed by atoms with Gasteiger partial charge in [-0.15, -0.1) is 11.3 Å². The van der Waals surface area contributed by atoms with Gasteiger partial charge in [0.15, 0.2) is 0 Å². The predicted octanol–water partition coefficient (Wildman–Crippen LogP) is 1.90. The molecule has 0 spiro atoms. The maximum atomic E-state index is 12.7. The molecule has 0 aliphatic rings. The van der Waals surface area contributed by atoms with Gasteiger partial charge in [0.25, 0.3) is 0 Å². The van der Waals surface area contributed by atoms with E-state index in [-0.39, 0.29) is 4.90 Å². The zero-order valence-electron chi connectivity index (χ0n) is 12.1. The summed E-state index contributed by atoms with van der Waals surface area (Å²) in [5, 5.41) is 1.95. The summed E-state index contributed by atoms with van der Waals surface area (Å²) < 4.78 is 27.0. The Morgan fingerprint density at radius 2 is 2.00 bits per heavy atom. The summed E-state index contributed by atoms with van der Waals surface area (Å²) in [6.07, 6.45) is 2.97. The van der Waals surface area contributed by atoms with Crippen molar-refractivity contribution in [1.29, 1.82) is 0 Å². The Morgan fingerprint density at radius 3 is 2.57 bits per heavy atom. The van der Waals surface area contributed by atoms with Crippen molar-refractivity contribution in [3.05, 3.63) is 46.9 Å². The van der Waals surface area contributed by atoms with Gasteiger partial charge in [-0.25, -0.2) is 8.42 Å². The van der Waals surface area contributed by atoms with E-state index in [1.54, 1.807) is 29.7 Å². The van der Waals surface area contributed by atoms with Crippen molar-refractivity contribution in [2.45, 2.75) is 11.4 Å². The number of nitrogens with zero attached hydrogens (tertiary/aromatic N) is 3. The van der Waals surface area contributed by atoms with Crippen LogP contribution in [0.15, 0.2) is 46.9 Å². The smallest absolute Gasteiger partial charge is 0.244 e. The molecule has 5 nitrogen and oxygen atoms in total. The Balaban J connectivity index is 2.25. The Labute approximate surface area is 129 Å². The molecule has 0 saturated carbocycles. The molecule has 0 fully saturated rings. The second-order valence-corrected chi connectivity index (χ2v) is 7.88. The largest absolute Gasteiger partial charge is 0.308 e. The van der Waals surface area contributed by atoms with Crippen molar-refractivity contribution in [3.8, 4) is 0 Å². The molecule has 7 heteroatoms. The van der Waals surface area contributed by atoms with Crippen LogP contribution in [0.25, 0.3) is 0 Å². The van der Waals surface area contributed by atoms with Gasteiger partial charge in [-0.1, -0.05) is 6.07 Å². The van der Waals surface area contributed by atoms with E-state index in [1.807, 2.05) is 36.5 Å². The molecule has 0 atom stereocenters. The van der Waals surface area contributed by atoms with Crippen LogP contribution in [0.2, 0.25) is 0 Å². The summed E-state index contributed by atoms with van der Waals surface area (Å²) >= 11 is 1.56. The minimum atomic E-state index is -3.52. The molecule has 0 aromatic carbocycles. The number of sulfonamides is 1. The van der Waals surface area contributed by atoms with Crippen molar-refractivity contribution >= 4 is 21.4 Å². The maximum Gasteiger partial charge on any atom is 0.244 e. The lowest BCUT2D eigenvalue weighted by Crippen LogP contribution is -2.36. The molecule has 0 bridgehead atoms. The van der Waals surface area contributed by atoms with E-state index in [4.69, 9.17) is 0 Å². The third-order valence-corrected chi connectivity index (χ3v) is 5.67. The van der Waals surface area contributed by atoms with Crippen LogP contribution in [0.3, 0.4) is 0 Å². The van der Waals surface area contributed by atoms with Gasteiger partial charge in [0.05, 0.1) is 0 Å². The number of hydrogen-bond acceptors (Lipinski definition) is 5. The number of aromatic nitrogens is 1. The lowest BCUT2D eigenvalue weighted by molar-refractivity contribution is 0.330. The average Bonchev–Trinajstić information content (AvgIpc) is 2.97. The number of hydrogen-bond donors (Lipinski definition) is 0. The van der Waals surface area contributed by atoms with Gasteiger partial charge in [0.2, 0.25) is 10.0 Å². The second kappa shape index (κ2) is 7.13. The van der Waals surface area contributed by atoms with E-state index in [2.05, 4.69) is 4.98 Å². The van der Waals surface area contributed by atoms with E-state index in [0.717, 1.165) is 4.88 Å². The van der Waals surface area contributed by atoms with Crippen molar-refractivity contribution in [3.63, 3.8) is 0 Å². The van der Waals surface area contributed by atoms with Gasteiger partial charge >= 0.3 is 0 Å². The molecule has 2 rings (SSSR count). The number of pyridine rings is 1. The summed E-state index contributed by atoms with van der Waals surface area (Å²) in [6.45, 7) is 1.51. The molecular weight excluding hydrogens is 306 g/mol. The first-order valence-corrected chi connectivity index (χ1v) is 8.89. The predicted molar refractivity (Wildman–Crippen MR) is 84.7 cm³/mol. The van der Waals surface area contributed by atoms with Crippen LogP contribution in [-0.4, -0.2) is 49.8 Å². The molecule has 0 saturated heterocycles. The minimum absolute atomic E-state index is 0.236. The van der Waals surface area contributed by atoms with Crippen LogP contribution in [0, 0.1) is 0 Å². The van der Waals surface area contributed by atoms with Crippen LogP contribution in [-0.2, 0) is 16.6 Å². The molecule has 114 valence electrons. The first-order valence-electron chi connectivity index (χ1n) is 6.57. The highest BCUT2D eigenvalue weighted by atomic mass is 32.2. The Hall–Kier alpha value is -1.28. The minimum Gasteiger partial charge on any atom is -0.308 e. The molecule has 0 unspecified atom stereocenters. The molecule has 2 heterocycles. The highest BCUT2D eigenvalue weighted by Gasteiger charge is 2.25. The van der Waals surface area contributed by atoms with E-state index >= 15 is 0 Å². The fourth-order valence-corrected chi connectivity index (χ4v) is 4.00. The van der Waals surface area contributed by atoms with E-state index in [9.17, 15) is 8.42 Å². The second-order valence-electron chi connectivity index (χ2n) is 4.91. The number of likely N-dealkylation sites (N-methyl/N-ethyl adjacent to an activating group) is 1. The highest BCUT2D eigenvalue weighted by molar-refractivity contribution is 7.89. The summed E-state index contributed by atoms with van der Waals surface area (Å²) in [4.78, 5) is 7.15. The van der Waals surface area contributed by atoms with Crippen LogP contribution in [0.4, 0.5) is 0 Å². The van der Waals surface area contributed by atoms with Crippen molar-refractivity contribution < 1.29 is 8.42 Å². The molecule has 0 aliphatic heterocycles. The molecule has 0 amide bonds. The van der Waals surface area contributed by atoms with Crippen LogP contribution in [0.5, 0.6) is 0 Å². The van der Waals surface area contributed by atoms with Gasteiger partial charge in [-0.05, 0) is 37.7 Å². The van der Waals surface area contributed by atoms with E-state index in [0.29, 0.717) is 19.6 Å². The van der Waals surface area contributed by atoms with Gasteiger partial charge in [0, 0.05) is 36.9 Å². The van der Waals surface area contributed by atoms with Crippen molar-refractivity contribution in [1.82, 2.24) is 14.2 Å². The summed E-state index contributed by atoms with van der Waals surface area (Å²) in [6, 6.07) is 7.11. The lowest BCUT2D eigenvalue weighted by Gasteiger charge is -2.23. The summed E-state index contributed by atoms with van der Waals surface area (Å²) in [5.74, 6) is 0. The summed E-state index contributed by atoms with van der Waals surface area (Å²) in [7, 11) is 0.339. The van der Waals surface area contributed by atoms with E-state index < -0.39 is 10.0 Å². The number of rotatable bonds is 7. The van der Waals surface area contributed by atoms with Gasteiger partial charge in [0.1, 0.15) is 4.90 Å². The number of thiophene rings is 1. The molecular formula is C14H19N3O2S2. The summed E-state index contributed by atoms with van der Waals surface area (Å²) in [5.41, 5.74) is 0. The molecule has 2 aromatic rings. The maximum absolute atomic E-state index is 12.7. The quantitative estimate of drug-likeness (QED) is 0.780. The zero-order chi connectivity index (χ0) is 15.3. The first kappa shape index (κ1) is 16.1. The molecule has 0 radical (unpaired) electrons. The topological polar surface area (TPSA) is 53.5 Å². The van der Waals surface area contributed by atoms with Crippen molar-refractivity contribution in [2.75, 3.05) is 27.2 Å². The fraction of sp³-hybridized carbons (Fsp3) is 0.357. The molecule has 2 aromatic heterocycles. The van der Waals surface area contributed by atoms with Crippen LogP contribution >= 0.6 is 11.3 Å². The standard InChI is InChI=1S/C14H19N3O2S2/c1-16(2)8-9-17(12-13-5-4-10-20-13)21(18,19)14-6-3-7-15-11-14/h3-7,10-11H,8-9,12H2,1-2H3. The first-order chi connectivity index (χ1) is 10.00. The van der Waals surface area contributed by atoms with Gasteiger partial charge in [-0.3, -0.25) is 4.98 Å². The van der Waals surface area contributed by atoms with E-state index in [1.165, 1.54) is 10.5 Å². The van der Waals surface area contributed by atoms with Crippen molar-refractivity contribution in [2.24, 2.45) is 0 Å². The zero-order valence-corrected chi connectivity index (χ0v) is 13.8. The van der Waals surface area contributed by atoms with Crippen LogP contribution in [0.1, 0.15) is 4.88 Å². The Kier molecular flexibility index (Phi) is 5.46. The highest BCUT2D eigenvalue weighted by Crippen LogP contribution is 2.19. The normalized spacial score (nSPS) is 12.2. The third-order valence-electron chi connectivity index (χ3n) is 2.98. The van der Waals surface area contributed by atoms with Crippen LogP contribution < -0.4 is 0 Å². The molecule has 0 aliphatic carbocycles. The SMILES string of the molecule is CN(C)CCN(Cc1cccs1)S(=O)(=O)c1cccnc1. The van der Waals surface area contributed by atoms with Gasteiger partial charge in [-0.2, -0.15) is 4.31 Å². The Morgan fingerprint density at radius 1 is 1.19 bits per heavy atom. The fourth-order valence-electron chi connectivity index (χ4n) is 1.82. The molecule has 0 N–H and O–H groups in total. The lowest BCUT2D eigenvalue weighted by atomic mass is 10.4. The average molecular weight is 325 g/mol. The molecule has 21 heavy (non-hydrogen) atoms. The monoisotopic (exact) mass is 325 g/mol. The third kappa shape index (κ3) is 4.34. The Bertz CT molecular complexity index is 640.